The van der Waals surface area contributed by atoms with Gasteiger partial charge in [0, 0.05) is 11.6 Å². The first-order valence-corrected chi connectivity index (χ1v) is 8.13. The molecule has 0 aliphatic heterocycles. The number of ether oxygens (including phenoxy) is 2. The number of rotatable bonds is 6. The van der Waals surface area contributed by atoms with Crippen molar-refractivity contribution in [1.82, 2.24) is 14.9 Å². The number of para-hydroxylation sites is 1. The molecule has 0 unspecified atom stereocenters. The fourth-order valence-corrected chi connectivity index (χ4v) is 2.62. The number of hydrogen-bond donors (Lipinski definition) is 1. The lowest BCUT2D eigenvalue weighted by atomic mass is 10.2. The molecule has 1 aromatic heterocycles. The summed E-state index contributed by atoms with van der Waals surface area (Å²) in [5.41, 5.74) is 0.979. The molecule has 0 aliphatic rings. The molecule has 3 rings (SSSR count). The van der Waals surface area contributed by atoms with Crippen LogP contribution in [0.5, 0.6) is 11.5 Å². The summed E-state index contributed by atoms with van der Waals surface area (Å²) in [5, 5.41) is 22.3. The summed E-state index contributed by atoms with van der Waals surface area (Å²) in [6, 6.07) is 11.5. The minimum Gasteiger partial charge on any atom is -0.493 e. The highest BCUT2D eigenvalue weighted by Gasteiger charge is 2.14. The van der Waals surface area contributed by atoms with Crippen LogP contribution in [0.3, 0.4) is 0 Å². The van der Waals surface area contributed by atoms with Gasteiger partial charge in [-0.15, -0.1) is 0 Å². The van der Waals surface area contributed by atoms with Gasteiger partial charge in [-0.2, -0.15) is 14.9 Å². The van der Waals surface area contributed by atoms with Crippen molar-refractivity contribution in [1.29, 1.82) is 0 Å². The monoisotopic (exact) mass is 385 g/mol. The quantitative estimate of drug-likeness (QED) is 0.301. The average molecular weight is 385 g/mol. The van der Waals surface area contributed by atoms with Crippen molar-refractivity contribution in [2.45, 2.75) is 0 Å². The van der Waals surface area contributed by atoms with E-state index in [-0.39, 0.29) is 10.5 Å². The molecule has 0 aliphatic carbocycles. The molecule has 3 aromatic rings. The number of H-pyrrole nitrogens is 1. The third-order valence-corrected chi connectivity index (χ3v) is 4.00. The zero-order chi connectivity index (χ0) is 19.4. The molecule has 0 atom stereocenters. The maximum Gasteiger partial charge on any atom is 0.278 e. The molecule has 27 heavy (non-hydrogen) atoms. The molecular formula is C17H15N5O4S. The molecule has 0 fully saturated rings. The third kappa shape index (κ3) is 3.70. The number of aromatic amines is 1. The van der Waals surface area contributed by atoms with E-state index < -0.39 is 4.92 Å². The lowest BCUT2D eigenvalue weighted by Gasteiger charge is -2.09. The van der Waals surface area contributed by atoms with Crippen LogP contribution in [0.4, 0.5) is 5.69 Å². The van der Waals surface area contributed by atoms with Gasteiger partial charge in [0.25, 0.3) is 5.69 Å². The van der Waals surface area contributed by atoms with Crippen molar-refractivity contribution >= 4 is 24.1 Å². The predicted molar refractivity (Wildman–Crippen MR) is 102 cm³/mol. The van der Waals surface area contributed by atoms with Crippen LogP contribution < -0.4 is 9.47 Å². The van der Waals surface area contributed by atoms with E-state index in [0.29, 0.717) is 28.5 Å². The van der Waals surface area contributed by atoms with Gasteiger partial charge in [0.15, 0.2) is 17.3 Å². The van der Waals surface area contributed by atoms with Crippen molar-refractivity contribution in [3.8, 4) is 22.9 Å². The van der Waals surface area contributed by atoms with Gasteiger partial charge in [0.1, 0.15) is 0 Å². The second kappa shape index (κ2) is 7.79. The molecule has 0 saturated carbocycles. The summed E-state index contributed by atoms with van der Waals surface area (Å²) in [6.07, 6.45) is 1.37. The van der Waals surface area contributed by atoms with Gasteiger partial charge in [-0.05, 0) is 36.5 Å². The smallest absolute Gasteiger partial charge is 0.278 e. The average Bonchev–Trinajstić information content (AvgIpc) is 3.06. The van der Waals surface area contributed by atoms with E-state index in [1.54, 1.807) is 43.5 Å². The van der Waals surface area contributed by atoms with Crippen LogP contribution in [0.1, 0.15) is 5.56 Å². The Labute approximate surface area is 159 Å². The van der Waals surface area contributed by atoms with Gasteiger partial charge in [-0.25, -0.2) is 5.10 Å². The van der Waals surface area contributed by atoms with Gasteiger partial charge in [0.05, 0.1) is 30.9 Å². The van der Waals surface area contributed by atoms with E-state index in [0.717, 1.165) is 0 Å². The molecule has 0 radical (unpaired) electrons. The SMILES string of the molecule is COc1ccc(-c2n[nH]c(=S)n2/N=C\c2ccccc2[N+](=O)[O-])cc1OC. The molecule has 0 amide bonds. The van der Waals surface area contributed by atoms with Crippen LogP contribution >= 0.6 is 12.2 Å². The van der Waals surface area contributed by atoms with Crippen LogP contribution in [0.25, 0.3) is 11.4 Å². The maximum atomic E-state index is 11.1. The Morgan fingerprint density at radius 2 is 1.96 bits per heavy atom. The van der Waals surface area contributed by atoms with E-state index in [9.17, 15) is 10.1 Å². The van der Waals surface area contributed by atoms with Crippen LogP contribution in [-0.4, -0.2) is 40.2 Å². The number of methoxy groups -OCH3 is 2. The minimum atomic E-state index is -0.467. The van der Waals surface area contributed by atoms with E-state index in [4.69, 9.17) is 21.7 Å². The standard InChI is InChI=1S/C17H15N5O4S/c1-25-14-8-7-11(9-15(14)26-2)16-19-20-17(27)21(16)18-10-12-5-3-4-6-13(12)22(23)24/h3-10H,1-2H3,(H,20,27)/b18-10-. The van der Waals surface area contributed by atoms with Crippen molar-refractivity contribution in [3.05, 3.63) is 62.9 Å². The first kappa shape index (κ1) is 18.3. The van der Waals surface area contributed by atoms with Gasteiger partial charge < -0.3 is 9.47 Å². The molecule has 0 saturated heterocycles. The van der Waals surface area contributed by atoms with Gasteiger partial charge >= 0.3 is 0 Å². The summed E-state index contributed by atoms with van der Waals surface area (Å²) in [6.45, 7) is 0. The Hall–Kier alpha value is -3.53. The van der Waals surface area contributed by atoms with E-state index in [2.05, 4.69) is 15.3 Å². The van der Waals surface area contributed by atoms with Crippen LogP contribution in [0.2, 0.25) is 0 Å². The minimum absolute atomic E-state index is 0.0519. The maximum absolute atomic E-state index is 11.1. The van der Waals surface area contributed by atoms with Crippen molar-refractivity contribution in [2.24, 2.45) is 5.10 Å². The highest BCUT2D eigenvalue weighted by molar-refractivity contribution is 7.71. The summed E-state index contributed by atoms with van der Waals surface area (Å²) in [7, 11) is 3.08. The number of hydrogen-bond acceptors (Lipinski definition) is 7. The fraction of sp³-hybridized carbons (Fsp3) is 0.118. The highest BCUT2D eigenvalue weighted by atomic mass is 32.1. The first-order chi connectivity index (χ1) is 13.0. The topological polar surface area (TPSA) is 108 Å². The summed E-state index contributed by atoms with van der Waals surface area (Å²) in [4.78, 5) is 10.7. The third-order valence-electron chi connectivity index (χ3n) is 3.74. The Bertz CT molecular complexity index is 1070. The zero-order valence-corrected chi connectivity index (χ0v) is 15.3. The Morgan fingerprint density at radius 1 is 1.22 bits per heavy atom. The number of nitro groups is 1. The Morgan fingerprint density at radius 3 is 2.67 bits per heavy atom. The highest BCUT2D eigenvalue weighted by Crippen LogP contribution is 2.31. The van der Waals surface area contributed by atoms with Gasteiger partial charge in [-0.1, -0.05) is 12.1 Å². The lowest BCUT2D eigenvalue weighted by Crippen LogP contribution is -1.98. The molecule has 2 aromatic carbocycles. The zero-order valence-electron chi connectivity index (χ0n) is 14.4. The molecular weight excluding hydrogens is 370 g/mol. The second-order valence-electron chi connectivity index (χ2n) is 5.29. The van der Waals surface area contributed by atoms with Gasteiger partial charge in [0.2, 0.25) is 4.77 Å². The fourth-order valence-electron chi connectivity index (χ4n) is 2.44. The van der Waals surface area contributed by atoms with E-state index >= 15 is 0 Å². The van der Waals surface area contributed by atoms with Crippen molar-refractivity contribution < 1.29 is 14.4 Å². The summed E-state index contributed by atoms with van der Waals surface area (Å²) >= 11 is 5.22. The van der Waals surface area contributed by atoms with Crippen molar-refractivity contribution in [2.75, 3.05) is 14.2 Å². The molecule has 9 nitrogen and oxygen atoms in total. The summed E-state index contributed by atoms with van der Waals surface area (Å²) < 4.78 is 12.2. The largest absolute Gasteiger partial charge is 0.493 e. The number of nitro benzene ring substituents is 1. The Balaban J connectivity index is 2.04. The van der Waals surface area contributed by atoms with Crippen molar-refractivity contribution in [3.63, 3.8) is 0 Å². The van der Waals surface area contributed by atoms with Crippen LogP contribution in [0.15, 0.2) is 47.6 Å². The first-order valence-electron chi connectivity index (χ1n) is 7.72. The molecule has 0 bridgehead atoms. The molecule has 10 heteroatoms. The number of aromatic nitrogens is 3. The van der Waals surface area contributed by atoms with Gasteiger partial charge in [-0.3, -0.25) is 10.1 Å². The predicted octanol–water partition coefficient (Wildman–Crippen LogP) is 3.42. The van der Waals surface area contributed by atoms with E-state index in [1.807, 2.05) is 0 Å². The number of nitrogens with one attached hydrogen (secondary N) is 1. The normalized spacial score (nSPS) is 10.9. The van der Waals surface area contributed by atoms with Crippen LogP contribution in [0, 0.1) is 14.9 Å². The number of nitrogens with zero attached hydrogens (tertiary/aromatic N) is 4. The molecule has 138 valence electrons. The lowest BCUT2D eigenvalue weighted by molar-refractivity contribution is -0.385. The summed E-state index contributed by atoms with van der Waals surface area (Å²) in [5.74, 6) is 1.53. The molecule has 1 N–H and O–H groups in total. The Kier molecular flexibility index (Phi) is 5.27. The van der Waals surface area contributed by atoms with E-state index in [1.165, 1.54) is 24.1 Å². The molecule has 1 heterocycles. The molecule has 0 spiro atoms. The number of benzene rings is 2. The second-order valence-corrected chi connectivity index (χ2v) is 5.68. The van der Waals surface area contributed by atoms with Crippen LogP contribution in [-0.2, 0) is 0 Å².